The molecule has 4 nitrogen and oxygen atoms in total. The summed E-state index contributed by atoms with van der Waals surface area (Å²) in [5, 5.41) is 0. The molecular weight excluding hydrogens is 354 g/mol. The molecule has 0 amide bonds. The molecule has 2 rings (SSSR count). The van der Waals surface area contributed by atoms with Crippen LogP contribution < -0.4 is 4.72 Å². The molecule has 2 aromatic carbocycles. The van der Waals surface area contributed by atoms with Gasteiger partial charge in [-0.1, -0.05) is 23.8 Å². The molecule has 0 aliphatic carbocycles. The normalized spacial score (nSPS) is 11.2. The Labute approximate surface area is 132 Å². The van der Waals surface area contributed by atoms with Gasteiger partial charge in [-0.2, -0.15) is 0 Å². The number of carbonyl (C=O) groups is 1. The first-order valence-corrected chi connectivity index (χ1v) is 8.48. The number of carbonyl (C=O) groups excluding carboxylic acids is 1. The van der Waals surface area contributed by atoms with Gasteiger partial charge in [0.2, 0.25) is 0 Å². The number of hydrogen-bond donors (Lipinski definition) is 1. The van der Waals surface area contributed by atoms with Crippen molar-refractivity contribution in [3.63, 3.8) is 0 Å². The Morgan fingerprint density at radius 2 is 1.71 bits per heavy atom. The highest BCUT2D eigenvalue weighted by molar-refractivity contribution is 9.10. The first-order chi connectivity index (χ1) is 9.81. The lowest BCUT2D eigenvalue weighted by atomic mass is 10.1. The molecule has 0 atom stereocenters. The predicted molar refractivity (Wildman–Crippen MR) is 86.1 cm³/mol. The first kappa shape index (κ1) is 15.7. The minimum Gasteiger partial charge on any atom is -0.294 e. The fourth-order valence-electron chi connectivity index (χ4n) is 1.83. The Balaban J connectivity index is 2.46. The topological polar surface area (TPSA) is 63.2 Å². The number of benzene rings is 2. The van der Waals surface area contributed by atoms with Gasteiger partial charge in [-0.05, 0) is 54.0 Å². The Morgan fingerprint density at radius 1 is 1.10 bits per heavy atom. The second-order valence-electron chi connectivity index (χ2n) is 4.64. The monoisotopic (exact) mass is 367 g/mol. The lowest BCUT2D eigenvalue weighted by Gasteiger charge is -2.13. The fourth-order valence-corrected chi connectivity index (χ4v) is 3.53. The molecule has 1 N–H and O–H groups in total. The van der Waals surface area contributed by atoms with Crippen molar-refractivity contribution in [2.24, 2.45) is 0 Å². The number of aryl methyl sites for hydroxylation is 1. The van der Waals surface area contributed by atoms with Crippen LogP contribution in [0.25, 0.3) is 0 Å². The van der Waals surface area contributed by atoms with Gasteiger partial charge in [-0.25, -0.2) is 8.42 Å². The van der Waals surface area contributed by atoms with E-state index in [4.69, 9.17) is 0 Å². The van der Waals surface area contributed by atoms with Crippen LogP contribution in [0.3, 0.4) is 0 Å². The minimum absolute atomic E-state index is 0.151. The molecule has 0 aliphatic rings. The maximum atomic E-state index is 12.4. The number of para-hydroxylation sites is 1. The molecule has 0 aliphatic heterocycles. The van der Waals surface area contributed by atoms with E-state index in [1.54, 1.807) is 30.3 Å². The van der Waals surface area contributed by atoms with Crippen LogP contribution >= 0.6 is 15.9 Å². The summed E-state index contributed by atoms with van der Waals surface area (Å²) in [6.45, 7) is 3.27. The van der Waals surface area contributed by atoms with Crippen molar-refractivity contribution < 1.29 is 13.2 Å². The van der Waals surface area contributed by atoms with Gasteiger partial charge in [-0.15, -0.1) is 0 Å². The molecule has 2 aromatic rings. The van der Waals surface area contributed by atoms with Crippen LogP contribution in [0.15, 0.2) is 51.8 Å². The number of ketones is 1. The number of Topliss-reactive ketones (excluding diaryl/α,β-unsaturated/α-hetero) is 1. The van der Waals surface area contributed by atoms with E-state index >= 15 is 0 Å². The highest BCUT2D eigenvalue weighted by Gasteiger charge is 2.19. The van der Waals surface area contributed by atoms with E-state index in [9.17, 15) is 13.2 Å². The van der Waals surface area contributed by atoms with Gasteiger partial charge in [0.05, 0.1) is 10.6 Å². The Bertz CT molecular complexity index is 783. The van der Waals surface area contributed by atoms with Crippen LogP contribution in [0, 0.1) is 6.92 Å². The lowest BCUT2D eigenvalue weighted by Crippen LogP contribution is -2.15. The SMILES string of the molecule is CC(=O)c1cccc(Br)c1NS(=O)(=O)c1ccc(C)cc1. The number of halogens is 1. The number of hydrogen-bond acceptors (Lipinski definition) is 3. The third-order valence-corrected chi connectivity index (χ3v) is 4.99. The quantitative estimate of drug-likeness (QED) is 0.836. The van der Waals surface area contributed by atoms with E-state index < -0.39 is 10.0 Å². The molecule has 0 aromatic heterocycles. The molecule has 21 heavy (non-hydrogen) atoms. The number of anilines is 1. The zero-order valence-electron chi connectivity index (χ0n) is 11.6. The summed E-state index contributed by atoms with van der Waals surface area (Å²) in [5.74, 6) is -0.210. The second-order valence-corrected chi connectivity index (χ2v) is 7.17. The summed E-state index contributed by atoms with van der Waals surface area (Å²) in [6, 6.07) is 11.5. The Morgan fingerprint density at radius 3 is 2.29 bits per heavy atom. The third kappa shape index (κ3) is 3.51. The summed E-state index contributed by atoms with van der Waals surface area (Å²) < 4.78 is 27.8. The number of rotatable bonds is 4. The van der Waals surface area contributed by atoms with Gasteiger partial charge in [0.15, 0.2) is 5.78 Å². The number of nitrogens with one attached hydrogen (secondary N) is 1. The van der Waals surface area contributed by atoms with E-state index in [1.165, 1.54) is 19.1 Å². The first-order valence-electron chi connectivity index (χ1n) is 6.20. The van der Waals surface area contributed by atoms with E-state index in [0.29, 0.717) is 10.0 Å². The van der Waals surface area contributed by atoms with E-state index in [2.05, 4.69) is 20.7 Å². The van der Waals surface area contributed by atoms with E-state index in [1.807, 2.05) is 6.92 Å². The Kier molecular flexibility index (Phi) is 4.49. The lowest BCUT2D eigenvalue weighted by molar-refractivity contribution is 0.101. The summed E-state index contributed by atoms with van der Waals surface area (Å²) >= 11 is 3.27. The van der Waals surface area contributed by atoms with Crippen LogP contribution in [-0.2, 0) is 10.0 Å². The van der Waals surface area contributed by atoms with E-state index in [-0.39, 0.29) is 16.4 Å². The summed E-state index contributed by atoms with van der Waals surface area (Å²) in [5.41, 5.74) is 1.55. The highest BCUT2D eigenvalue weighted by Crippen LogP contribution is 2.29. The van der Waals surface area contributed by atoms with Gasteiger partial charge in [-0.3, -0.25) is 9.52 Å². The average molecular weight is 368 g/mol. The van der Waals surface area contributed by atoms with E-state index in [0.717, 1.165) is 5.56 Å². The standard InChI is InChI=1S/C15H14BrNO3S/c1-10-6-8-12(9-7-10)21(19,20)17-15-13(11(2)18)4-3-5-14(15)16/h3-9,17H,1-2H3. The van der Waals surface area contributed by atoms with Crippen molar-refractivity contribution >= 4 is 37.4 Å². The molecule has 0 radical (unpaired) electrons. The maximum absolute atomic E-state index is 12.4. The maximum Gasteiger partial charge on any atom is 0.261 e. The molecule has 6 heteroatoms. The molecule has 0 fully saturated rings. The third-order valence-electron chi connectivity index (χ3n) is 2.96. The minimum atomic E-state index is -3.74. The molecule has 0 spiro atoms. The average Bonchev–Trinajstić information content (AvgIpc) is 2.41. The molecular formula is C15H14BrNO3S. The molecule has 0 bridgehead atoms. The smallest absolute Gasteiger partial charge is 0.261 e. The molecule has 0 heterocycles. The summed E-state index contributed by atoms with van der Waals surface area (Å²) in [7, 11) is -3.74. The summed E-state index contributed by atoms with van der Waals surface area (Å²) in [6.07, 6.45) is 0. The molecule has 0 unspecified atom stereocenters. The molecule has 0 saturated heterocycles. The van der Waals surface area contributed by atoms with Crippen LogP contribution in [0.4, 0.5) is 5.69 Å². The molecule has 110 valence electrons. The van der Waals surface area contributed by atoms with Crippen molar-refractivity contribution in [1.29, 1.82) is 0 Å². The number of sulfonamides is 1. The zero-order valence-corrected chi connectivity index (χ0v) is 14.0. The van der Waals surface area contributed by atoms with Gasteiger partial charge >= 0.3 is 0 Å². The van der Waals surface area contributed by atoms with Crippen LogP contribution in [0.1, 0.15) is 22.8 Å². The van der Waals surface area contributed by atoms with Crippen molar-refractivity contribution in [3.8, 4) is 0 Å². The predicted octanol–water partition coefficient (Wildman–Crippen LogP) is 3.76. The van der Waals surface area contributed by atoms with Gasteiger partial charge in [0, 0.05) is 10.0 Å². The van der Waals surface area contributed by atoms with Crippen molar-refractivity contribution in [3.05, 3.63) is 58.1 Å². The summed E-state index contributed by atoms with van der Waals surface area (Å²) in [4.78, 5) is 11.8. The van der Waals surface area contributed by atoms with Crippen molar-refractivity contribution in [2.75, 3.05) is 4.72 Å². The Hall–Kier alpha value is -1.66. The fraction of sp³-hybridized carbons (Fsp3) is 0.133. The van der Waals surface area contributed by atoms with Crippen LogP contribution in [0.2, 0.25) is 0 Å². The second kappa shape index (κ2) is 5.99. The zero-order chi connectivity index (χ0) is 15.6. The van der Waals surface area contributed by atoms with Crippen LogP contribution in [-0.4, -0.2) is 14.2 Å². The van der Waals surface area contributed by atoms with Gasteiger partial charge < -0.3 is 0 Å². The highest BCUT2D eigenvalue weighted by atomic mass is 79.9. The van der Waals surface area contributed by atoms with Crippen molar-refractivity contribution in [2.45, 2.75) is 18.7 Å². The van der Waals surface area contributed by atoms with Crippen molar-refractivity contribution in [1.82, 2.24) is 0 Å². The van der Waals surface area contributed by atoms with Crippen LogP contribution in [0.5, 0.6) is 0 Å². The van der Waals surface area contributed by atoms with Gasteiger partial charge in [0.25, 0.3) is 10.0 Å². The largest absolute Gasteiger partial charge is 0.294 e. The molecule has 0 saturated carbocycles. The van der Waals surface area contributed by atoms with Gasteiger partial charge in [0.1, 0.15) is 0 Å².